The normalized spacial score (nSPS) is 18.4. The predicted octanol–water partition coefficient (Wildman–Crippen LogP) is 1.79. The van der Waals surface area contributed by atoms with Crippen LogP contribution < -0.4 is 15.5 Å². The van der Waals surface area contributed by atoms with Crippen molar-refractivity contribution in [2.24, 2.45) is 0 Å². The van der Waals surface area contributed by atoms with Crippen molar-refractivity contribution in [2.45, 2.75) is 12.6 Å². The number of rotatable bonds is 7. The van der Waals surface area contributed by atoms with E-state index in [1.807, 2.05) is 30.3 Å². The van der Waals surface area contributed by atoms with Gasteiger partial charge in [0.15, 0.2) is 0 Å². The van der Waals surface area contributed by atoms with E-state index in [1.165, 1.54) is 5.56 Å². The number of pyridine rings is 1. The molecule has 0 radical (unpaired) electrons. The number of nitrogens with zero attached hydrogens (tertiary/aromatic N) is 3. The highest BCUT2D eigenvalue weighted by Gasteiger charge is 2.23. The Bertz CT molecular complexity index is 823. The largest absolute Gasteiger partial charge is 0.379 e. The minimum absolute atomic E-state index is 0.129. The molecule has 1 aromatic heterocycles. The van der Waals surface area contributed by atoms with E-state index >= 15 is 0 Å². The molecule has 4 rings (SSSR count). The molecule has 2 aliphatic heterocycles. The van der Waals surface area contributed by atoms with E-state index in [4.69, 9.17) is 9.47 Å². The van der Waals surface area contributed by atoms with Crippen LogP contribution in [0.3, 0.4) is 0 Å². The summed E-state index contributed by atoms with van der Waals surface area (Å²) in [5, 5.41) is 6.03. The van der Waals surface area contributed by atoms with Gasteiger partial charge in [-0.1, -0.05) is 30.3 Å². The zero-order chi connectivity index (χ0) is 21.3. The first-order chi connectivity index (χ1) is 15.3. The lowest BCUT2D eigenvalue weighted by molar-refractivity contribution is 0.0167. The van der Waals surface area contributed by atoms with Gasteiger partial charge in [0.05, 0.1) is 32.5 Å². The summed E-state index contributed by atoms with van der Waals surface area (Å²) in [7, 11) is 0. The van der Waals surface area contributed by atoms with Crippen molar-refractivity contribution in [1.82, 2.24) is 20.5 Å². The molecule has 2 amide bonds. The predicted molar refractivity (Wildman–Crippen MR) is 119 cm³/mol. The molecule has 2 fully saturated rings. The van der Waals surface area contributed by atoms with E-state index in [9.17, 15) is 4.79 Å². The second-order valence-electron chi connectivity index (χ2n) is 7.76. The van der Waals surface area contributed by atoms with Gasteiger partial charge in [0.25, 0.3) is 0 Å². The summed E-state index contributed by atoms with van der Waals surface area (Å²) in [6.45, 7) is 7.31. The number of amides is 2. The van der Waals surface area contributed by atoms with Gasteiger partial charge in [-0.05, 0) is 23.3 Å². The SMILES string of the molecule is O=C(NCc1ccnc(N2CCOCC2)c1)NC[C@H](c1ccccc1)N1CCOCC1. The maximum Gasteiger partial charge on any atom is 0.315 e. The molecule has 31 heavy (non-hydrogen) atoms. The molecule has 0 spiro atoms. The number of nitrogens with one attached hydrogen (secondary N) is 2. The van der Waals surface area contributed by atoms with Gasteiger partial charge in [0.2, 0.25) is 0 Å². The summed E-state index contributed by atoms with van der Waals surface area (Å²) in [6.07, 6.45) is 1.80. The van der Waals surface area contributed by atoms with Crippen LogP contribution in [-0.2, 0) is 16.0 Å². The van der Waals surface area contributed by atoms with E-state index in [-0.39, 0.29) is 12.1 Å². The molecular weight excluding hydrogens is 394 g/mol. The number of urea groups is 1. The van der Waals surface area contributed by atoms with Crippen LogP contribution in [0.25, 0.3) is 0 Å². The number of benzene rings is 1. The van der Waals surface area contributed by atoms with Gasteiger partial charge in [-0.2, -0.15) is 0 Å². The Morgan fingerprint density at radius 3 is 2.42 bits per heavy atom. The lowest BCUT2D eigenvalue weighted by atomic mass is 10.0. The number of carbonyl (C=O) groups is 1. The Morgan fingerprint density at radius 2 is 1.68 bits per heavy atom. The maximum absolute atomic E-state index is 12.5. The molecule has 0 unspecified atom stereocenters. The number of anilines is 1. The lowest BCUT2D eigenvalue weighted by Crippen LogP contribution is -2.45. The van der Waals surface area contributed by atoms with Crippen molar-refractivity contribution in [2.75, 3.05) is 64.1 Å². The smallest absolute Gasteiger partial charge is 0.315 e. The van der Waals surface area contributed by atoms with Crippen molar-refractivity contribution < 1.29 is 14.3 Å². The molecule has 166 valence electrons. The van der Waals surface area contributed by atoms with Crippen LogP contribution >= 0.6 is 0 Å². The second-order valence-corrected chi connectivity index (χ2v) is 7.76. The van der Waals surface area contributed by atoms with Crippen molar-refractivity contribution in [3.63, 3.8) is 0 Å². The van der Waals surface area contributed by atoms with E-state index in [0.29, 0.717) is 13.1 Å². The number of hydrogen-bond acceptors (Lipinski definition) is 6. The zero-order valence-corrected chi connectivity index (χ0v) is 17.8. The highest BCUT2D eigenvalue weighted by molar-refractivity contribution is 5.73. The summed E-state index contributed by atoms with van der Waals surface area (Å²) < 4.78 is 10.9. The monoisotopic (exact) mass is 425 g/mol. The van der Waals surface area contributed by atoms with Crippen molar-refractivity contribution in [3.8, 4) is 0 Å². The quantitative estimate of drug-likeness (QED) is 0.704. The molecule has 2 saturated heterocycles. The fraction of sp³-hybridized carbons (Fsp3) is 0.478. The first-order valence-electron chi connectivity index (χ1n) is 11.0. The van der Waals surface area contributed by atoms with E-state index in [1.54, 1.807) is 6.20 Å². The minimum atomic E-state index is -0.168. The van der Waals surface area contributed by atoms with Gasteiger partial charge in [0, 0.05) is 45.5 Å². The first kappa shape index (κ1) is 21.5. The van der Waals surface area contributed by atoms with Gasteiger partial charge in [-0.15, -0.1) is 0 Å². The van der Waals surface area contributed by atoms with E-state index < -0.39 is 0 Å². The molecule has 8 heteroatoms. The number of aromatic nitrogens is 1. The van der Waals surface area contributed by atoms with Crippen LogP contribution in [0.5, 0.6) is 0 Å². The summed E-state index contributed by atoms with van der Waals surface area (Å²) in [4.78, 5) is 21.6. The molecular formula is C23H31N5O3. The molecule has 2 N–H and O–H groups in total. The standard InChI is InChI=1S/C23H31N5O3/c29-23(25-17-19-6-7-24-22(16-19)28-10-14-31-15-11-28)26-18-21(20-4-2-1-3-5-20)27-8-12-30-13-9-27/h1-7,16,21H,8-15,17-18H2,(H2,25,26,29)/t21-/m1/s1. The third kappa shape index (κ3) is 6.16. The van der Waals surface area contributed by atoms with E-state index in [2.05, 4.69) is 37.6 Å². The summed E-state index contributed by atoms with van der Waals surface area (Å²) in [5.41, 5.74) is 2.23. The minimum Gasteiger partial charge on any atom is -0.379 e. The fourth-order valence-electron chi connectivity index (χ4n) is 3.99. The van der Waals surface area contributed by atoms with Crippen LogP contribution in [0.1, 0.15) is 17.2 Å². The molecule has 2 aliphatic rings. The Balaban J connectivity index is 1.30. The summed E-state index contributed by atoms with van der Waals surface area (Å²) in [5.74, 6) is 0.930. The van der Waals surface area contributed by atoms with Gasteiger partial charge in [-0.25, -0.2) is 9.78 Å². The Labute approximate surface area is 183 Å². The maximum atomic E-state index is 12.5. The number of morpholine rings is 2. The first-order valence-corrected chi connectivity index (χ1v) is 11.0. The van der Waals surface area contributed by atoms with Crippen LogP contribution in [0.4, 0.5) is 10.6 Å². The number of hydrogen-bond donors (Lipinski definition) is 2. The Hall–Kier alpha value is -2.68. The van der Waals surface area contributed by atoms with Crippen molar-refractivity contribution in [3.05, 3.63) is 59.8 Å². The second kappa shape index (κ2) is 11.1. The topological polar surface area (TPSA) is 79.0 Å². The highest BCUT2D eigenvalue weighted by atomic mass is 16.5. The summed E-state index contributed by atoms with van der Waals surface area (Å²) >= 11 is 0. The van der Waals surface area contributed by atoms with E-state index in [0.717, 1.165) is 64.0 Å². The number of ether oxygens (including phenoxy) is 2. The molecule has 8 nitrogen and oxygen atoms in total. The molecule has 3 heterocycles. The lowest BCUT2D eigenvalue weighted by Gasteiger charge is -2.34. The molecule has 1 atom stereocenters. The molecule has 0 aliphatic carbocycles. The average Bonchev–Trinajstić information content (AvgIpc) is 2.85. The summed E-state index contributed by atoms with van der Waals surface area (Å²) in [6, 6.07) is 14.3. The fourth-order valence-corrected chi connectivity index (χ4v) is 3.99. The van der Waals surface area contributed by atoms with Crippen LogP contribution in [0.15, 0.2) is 48.7 Å². The van der Waals surface area contributed by atoms with Crippen LogP contribution in [0, 0.1) is 0 Å². The van der Waals surface area contributed by atoms with Crippen LogP contribution in [0.2, 0.25) is 0 Å². The molecule has 0 bridgehead atoms. The Morgan fingerprint density at radius 1 is 0.968 bits per heavy atom. The highest BCUT2D eigenvalue weighted by Crippen LogP contribution is 2.21. The van der Waals surface area contributed by atoms with Gasteiger partial charge >= 0.3 is 6.03 Å². The van der Waals surface area contributed by atoms with Crippen LogP contribution in [-0.4, -0.2) is 75.1 Å². The van der Waals surface area contributed by atoms with Gasteiger partial charge in [-0.3, -0.25) is 4.90 Å². The third-order valence-electron chi connectivity index (χ3n) is 5.72. The molecule has 0 saturated carbocycles. The number of carbonyl (C=O) groups excluding carboxylic acids is 1. The zero-order valence-electron chi connectivity index (χ0n) is 17.8. The van der Waals surface area contributed by atoms with Crippen molar-refractivity contribution in [1.29, 1.82) is 0 Å². The van der Waals surface area contributed by atoms with Crippen molar-refractivity contribution >= 4 is 11.8 Å². The third-order valence-corrected chi connectivity index (χ3v) is 5.72. The van der Waals surface area contributed by atoms with Gasteiger partial charge < -0.3 is 25.0 Å². The average molecular weight is 426 g/mol. The molecule has 1 aromatic carbocycles. The molecule has 2 aromatic rings. The Kier molecular flexibility index (Phi) is 7.71. The van der Waals surface area contributed by atoms with Gasteiger partial charge in [0.1, 0.15) is 5.82 Å².